The minimum Gasteiger partial charge on any atom is -0.406 e. The van der Waals surface area contributed by atoms with Gasteiger partial charge in [0.25, 0.3) is 0 Å². The van der Waals surface area contributed by atoms with Crippen molar-refractivity contribution in [1.29, 1.82) is 0 Å². The lowest BCUT2D eigenvalue weighted by molar-refractivity contribution is -0.274. The molecular weight excluding hydrogens is 369 g/mol. The van der Waals surface area contributed by atoms with Crippen LogP contribution >= 0.6 is 0 Å². The van der Waals surface area contributed by atoms with Crippen LogP contribution < -0.4 is 15.4 Å². The van der Waals surface area contributed by atoms with Crippen LogP contribution in [0.15, 0.2) is 60.7 Å². The smallest absolute Gasteiger partial charge is 0.406 e. The SMILES string of the molecule is CNc1nc(NCCc2ccccc2)cc(-c2cccc(OC(F)(F)F)c2)n1. The van der Waals surface area contributed by atoms with E-state index in [1.54, 1.807) is 19.2 Å². The molecular formula is C20H19F3N4O. The van der Waals surface area contributed by atoms with Gasteiger partial charge in [0.05, 0.1) is 5.69 Å². The van der Waals surface area contributed by atoms with Crippen molar-refractivity contribution < 1.29 is 17.9 Å². The molecule has 3 aromatic rings. The van der Waals surface area contributed by atoms with Crippen molar-refractivity contribution >= 4 is 11.8 Å². The van der Waals surface area contributed by atoms with Gasteiger partial charge in [-0.3, -0.25) is 0 Å². The summed E-state index contributed by atoms with van der Waals surface area (Å²) in [6.45, 7) is 0.654. The number of alkyl halides is 3. The first kappa shape index (κ1) is 19.5. The summed E-state index contributed by atoms with van der Waals surface area (Å²) in [7, 11) is 1.68. The van der Waals surface area contributed by atoms with Crippen LogP contribution in [-0.2, 0) is 6.42 Å². The second kappa shape index (κ2) is 8.60. The molecule has 1 aromatic heterocycles. The van der Waals surface area contributed by atoms with Gasteiger partial charge in [-0.2, -0.15) is 4.98 Å². The van der Waals surface area contributed by atoms with E-state index in [4.69, 9.17) is 0 Å². The zero-order valence-corrected chi connectivity index (χ0v) is 15.1. The number of nitrogens with zero attached hydrogens (tertiary/aromatic N) is 2. The Morgan fingerprint density at radius 2 is 1.75 bits per heavy atom. The van der Waals surface area contributed by atoms with Crippen molar-refractivity contribution in [3.63, 3.8) is 0 Å². The second-order valence-corrected chi connectivity index (χ2v) is 5.95. The minimum absolute atomic E-state index is 0.298. The molecule has 0 saturated carbocycles. The number of ether oxygens (including phenoxy) is 1. The molecule has 0 radical (unpaired) electrons. The van der Waals surface area contributed by atoms with Crippen LogP contribution in [0.5, 0.6) is 5.75 Å². The molecule has 0 spiro atoms. The average molecular weight is 388 g/mol. The Bertz CT molecular complexity index is 917. The largest absolute Gasteiger partial charge is 0.573 e. The first-order valence-corrected chi connectivity index (χ1v) is 8.64. The Labute approximate surface area is 160 Å². The van der Waals surface area contributed by atoms with Gasteiger partial charge >= 0.3 is 6.36 Å². The van der Waals surface area contributed by atoms with E-state index in [0.717, 1.165) is 6.42 Å². The highest BCUT2D eigenvalue weighted by molar-refractivity contribution is 5.65. The number of rotatable bonds is 7. The second-order valence-electron chi connectivity index (χ2n) is 5.95. The van der Waals surface area contributed by atoms with Crippen molar-refractivity contribution in [2.24, 2.45) is 0 Å². The lowest BCUT2D eigenvalue weighted by Crippen LogP contribution is -2.17. The van der Waals surface area contributed by atoms with E-state index in [0.29, 0.717) is 29.6 Å². The first-order chi connectivity index (χ1) is 13.4. The highest BCUT2D eigenvalue weighted by Gasteiger charge is 2.31. The van der Waals surface area contributed by atoms with Crippen molar-refractivity contribution in [2.75, 3.05) is 24.2 Å². The molecule has 0 amide bonds. The molecule has 28 heavy (non-hydrogen) atoms. The van der Waals surface area contributed by atoms with Crippen molar-refractivity contribution in [3.8, 4) is 17.0 Å². The highest BCUT2D eigenvalue weighted by Crippen LogP contribution is 2.28. The first-order valence-electron chi connectivity index (χ1n) is 8.64. The number of aromatic nitrogens is 2. The van der Waals surface area contributed by atoms with Gasteiger partial charge in [0, 0.05) is 25.2 Å². The molecule has 0 unspecified atom stereocenters. The molecule has 2 aromatic carbocycles. The molecule has 0 fully saturated rings. The molecule has 0 saturated heterocycles. The summed E-state index contributed by atoms with van der Waals surface area (Å²) in [6, 6.07) is 17.4. The van der Waals surface area contributed by atoms with Gasteiger partial charge in [-0.25, -0.2) is 4.98 Å². The predicted octanol–water partition coefficient (Wildman–Crippen LogP) is 4.74. The van der Waals surface area contributed by atoms with Gasteiger partial charge in [0.1, 0.15) is 11.6 Å². The maximum absolute atomic E-state index is 12.5. The summed E-state index contributed by atoms with van der Waals surface area (Å²) in [5, 5.41) is 6.09. The van der Waals surface area contributed by atoms with Gasteiger partial charge < -0.3 is 15.4 Å². The average Bonchev–Trinajstić information content (AvgIpc) is 2.67. The van der Waals surface area contributed by atoms with Gasteiger partial charge in [0.15, 0.2) is 0 Å². The van der Waals surface area contributed by atoms with Crippen LogP contribution in [0.3, 0.4) is 0 Å². The standard InChI is InChI=1S/C20H19F3N4O/c1-24-19-26-17(15-8-5-9-16(12-15)28-20(21,22)23)13-18(27-19)25-11-10-14-6-3-2-4-7-14/h2-9,12-13H,10-11H2,1H3,(H2,24,25,26,27). The molecule has 8 heteroatoms. The summed E-state index contributed by atoms with van der Waals surface area (Å²) < 4.78 is 41.4. The van der Waals surface area contributed by atoms with E-state index in [2.05, 4.69) is 25.3 Å². The number of halogens is 3. The van der Waals surface area contributed by atoms with Crippen LogP contribution in [0, 0.1) is 0 Å². The number of nitrogens with one attached hydrogen (secondary N) is 2. The van der Waals surface area contributed by atoms with Crippen LogP contribution in [0.4, 0.5) is 24.9 Å². The molecule has 2 N–H and O–H groups in total. The molecule has 0 aliphatic rings. The van der Waals surface area contributed by atoms with Gasteiger partial charge in [0.2, 0.25) is 5.95 Å². The summed E-state index contributed by atoms with van der Waals surface area (Å²) in [5.74, 6) is 0.641. The van der Waals surface area contributed by atoms with E-state index in [1.807, 2.05) is 30.3 Å². The van der Waals surface area contributed by atoms with Gasteiger partial charge in [-0.1, -0.05) is 42.5 Å². The molecule has 0 bridgehead atoms. The van der Waals surface area contributed by atoms with E-state index >= 15 is 0 Å². The fourth-order valence-corrected chi connectivity index (χ4v) is 2.63. The highest BCUT2D eigenvalue weighted by atomic mass is 19.4. The number of anilines is 2. The zero-order valence-electron chi connectivity index (χ0n) is 15.1. The minimum atomic E-state index is -4.75. The van der Waals surface area contributed by atoms with Crippen LogP contribution in [0.2, 0.25) is 0 Å². The quantitative estimate of drug-likeness (QED) is 0.612. The van der Waals surface area contributed by atoms with Crippen LogP contribution in [-0.4, -0.2) is 29.9 Å². The van der Waals surface area contributed by atoms with Crippen LogP contribution in [0.1, 0.15) is 5.56 Å². The zero-order chi connectivity index (χ0) is 20.0. The molecule has 0 aliphatic carbocycles. The lowest BCUT2D eigenvalue weighted by atomic mass is 10.1. The Balaban J connectivity index is 1.78. The maximum Gasteiger partial charge on any atom is 0.573 e. The summed E-state index contributed by atoms with van der Waals surface area (Å²) in [6.07, 6.45) is -3.94. The third kappa shape index (κ3) is 5.60. The molecule has 0 atom stereocenters. The third-order valence-electron chi connectivity index (χ3n) is 3.88. The van der Waals surface area contributed by atoms with Crippen molar-refractivity contribution in [1.82, 2.24) is 9.97 Å². The molecule has 1 heterocycles. The molecule has 5 nitrogen and oxygen atoms in total. The van der Waals surface area contributed by atoms with Gasteiger partial charge in [-0.05, 0) is 24.1 Å². The predicted molar refractivity (Wildman–Crippen MR) is 102 cm³/mol. The summed E-state index contributed by atoms with van der Waals surface area (Å²) >= 11 is 0. The number of benzene rings is 2. The van der Waals surface area contributed by atoms with Crippen molar-refractivity contribution in [3.05, 3.63) is 66.2 Å². The Morgan fingerprint density at radius 3 is 2.46 bits per heavy atom. The fourth-order valence-electron chi connectivity index (χ4n) is 2.63. The third-order valence-corrected chi connectivity index (χ3v) is 3.88. The summed E-state index contributed by atoms with van der Waals surface area (Å²) in [4.78, 5) is 8.67. The van der Waals surface area contributed by atoms with Gasteiger partial charge in [-0.15, -0.1) is 13.2 Å². The monoisotopic (exact) mass is 388 g/mol. The van der Waals surface area contributed by atoms with E-state index in [9.17, 15) is 13.2 Å². The van der Waals surface area contributed by atoms with E-state index in [1.165, 1.54) is 23.8 Å². The Morgan fingerprint density at radius 1 is 0.964 bits per heavy atom. The number of hydrogen-bond acceptors (Lipinski definition) is 5. The van der Waals surface area contributed by atoms with Crippen LogP contribution in [0.25, 0.3) is 11.3 Å². The maximum atomic E-state index is 12.5. The van der Waals surface area contributed by atoms with E-state index in [-0.39, 0.29) is 5.75 Å². The molecule has 146 valence electrons. The fraction of sp³-hybridized carbons (Fsp3) is 0.200. The summed E-state index contributed by atoms with van der Waals surface area (Å²) in [5.41, 5.74) is 2.16. The topological polar surface area (TPSA) is 59.1 Å². The van der Waals surface area contributed by atoms with E-state index < -0.39 is 6.36 Å². The lowest BCUT2D eigenvalue weighted by Gasteiger charge is -2.12. The molecule has 0 aliphatic heterocycles. The normalized spacial score (nSPS) is 11.1. The Kier molecular flexibility index (Phi) is 5.98. The Hall–Kier alpha value is -3.29. The van der Waals surface area contributed by atoms with Crippen molar-refractivity contribution in [2.45, 2.75) is 12.8 Å². The number of hydrogen-bond donors (Lipinski definition) is 2. The molecule has 3 rings (SSSR count).